The Balaban J connectivity index is 1.60. The molecule has 6 heteroatoms. The predicted octanol–water partition coefficient (Wildman–Crippen LogP) is 3.94. The van der Waals surface area contributed by atoms with Crippen LogP contribution in [0.3, 0.4) is 0 Å². The first kappa shape index (κ1) is 20.8. The number of guanidine groups is 1. The molecule has 3 N–H and O–H groups in total. The van der Waals surface area contributed by atoms with Crippen LogP contribution in [-0.4, -0.2) is 26.3 Å². The van der Waals surface area contributed by atoms with Gasteiger partial charge in [-0.1, -0.05) is 18.2 Å². The average molecular weight is 398 g/mol. The van der Waals surface area contributed by atoms with E-state index in [-0.39, 0.29) is 0 Å². The number of benzene rings is 2. The van der Waals surface area contributed by atoms with Gasteiger partial charge in [0.1, 0.15) is 5.75 Å². The molecule has 1 aliphatic carbocycles. The number of ether oxygens (including phenoxy) is 3. The number of nitrogens with two attached hydrogens (primary N) is 1. The minimum atomic E-state index is 0.326. The summed E-state index contributed by atoms with van der Waals surface area (Å²) < 4.78 is 16.8. The number of rotatable bonds is 8. The molecule has 0 spiro atoms. The summed E-state index contributed by atoms with van der Waals surface area (Å²) in [6, 6.07) is 12.0. The Morgan fingerprint density at radius 1 is 1.03 bits per heavy atom. The van der Waals surface area contributed by atoms with Gasteiger partial charge in [-0.25, -0.2) is 4.99 Å². The summed E-state index contributed by atoms with van der Waals surface area (Å²) in [5.41, 5.74) is 9.36. The number of methoxy groups -OCH3 is 2. The second-order valence-corrected chi connectivity index (χ2v) is 7.38. The van der Waals surface area contributed by atoms with E-state index in [0.717, 1.165) is 29.7 Å². The van der Waals surface area contributed by atoms with Gasteiger partial charge in [-0.15, -0.1) is 0 Å². The molecule has 29 heavy (non-hydrogen) atoms. The third-order valence-electron chi connectivity index (χ3n) is 5.16. The van der Waals surface area contributed by atoms with Crippen molar-refractivity contribution in [1.82, 2.24) is 5.32 Å². The summed E-state index contributed by atoms with van der Waals surface area (Å²) in [5.74, 6) is 2.71. The van der Waals surface area contributed by atoms with E-state index >= 15 is 0 Å². The van der Waals surface area contributed by atoms with E-state index in [9.17, 15) is 0 Å². The quantitative estimate of drug-likeness (QED) is 0.521. The molecule has 3 rings (SSSR count). The van der Waals surface area contributed by atoms with Gasteiger partial charge in [-0.3, -0.25) is 0 Å². The van der Waals surface area contributed by atoms with E-state index in [1.165, 1.54) is 18.4 Å². The van der Waals surface area contributed by atoms with Crippen LogP contribution >= 0.6 is 0 Å². The maximum absolute atomic E-state index is 6.25. The second kappa shape index (κ2) is 10.0. The van der Waals surface area contributed by atoms with Crippen molar-refractivity contribution in [2.75, 3.05) is 14.2 Å². The lowest BCUT2D eigenvalue weighted by Crippen LogP contribution is -2.31. The molecule has 0 radical (unpaired) electrons. The smallest absolute Gasteiger partial charge is 0.189 e. The average Bonchev–Trinajstić information content (AvgIpc) is 3.24. The van der Waals surface area contributed by atoms with Crippen molar-refractivity contribution in [3.8, 4) is 17.2 Å². The predicted molar refractivity (Wildman–Crippen MR) is 116 cm³/mol. The van der Waals surface area contributed by atoms with E-state index in [1.54, 1.807) is 14.2 Å². The van der Waals surface area contributed by atoms with Gasteiger partial charge in [0.15, 0.2) is 17.5 Å². The SMILES string of the molecule is COc1ccc(CN=C(N)NCc2ccc(C)cc2OC2CCCC2)cc1OC. The Bertz CT molecular complexity index is 845. The van der Waals surface area contributed by atoms with Crippen LogP contribution in [0.15, 0.2) is 41.4 Å². The highest BCUT2D eigenvalue weighted by atomic mass is 16.5. The van der Waals surface area contributed by atoms with Gasteiger partial charge in [0.25, 0.3) is 0 Å². The zero-order chi connectivity index (χ0) is 20.6. The Morgan fingerprint density at radius 3 is 2.52 bits per heavy atom. The van der Waals surface area contributed by atoms with Crippen molar-refractivity contribution < 1.29 is 14.2 Å². The fraction of sp³-hybridized carbons (Fsp3) is 0.435. The fourth-order valence-electron chi connectivity index (χ4n) is 3.50. The monoisotopic (exact) mass is 397 g/mol. The van der Waals surface area contributed by atoms with Gasteiger partial charge in [0, 0.05) is 12.1 Å². The van der Waals surface area contributed by atoms with Crippen LogP contribution in [0.4, 0.5) is 0 Å². The maximum atomic E-state index is 6.25. The lowest BCUT2D eigenvalue weighted by atomic mass is 10.1. The van der Waals surface area contributed by atoms with Gasteiger partial charge < -0.3 is 25.3 Å². The molecular formula is C23H31N3O3. The van der Waals surface area contributed by atoms with Crippen LogP contribution in [0.25, 0.3) is 0 Å². The van der Waals surface area contributed by atoms with Gasteiger partial charge in [0.05, 0.1) is 26.9 Å². The highest BCUT2D eigenvalue weighted by molar-refractivity contribution is 5.77. The van der Waals surface area contributed by atoms with Crippen molar-refractivity contribution in [3.63, 3.8) is 0 Å². The van der Waals surface area contributed by atoms with Gasteiger partial charge in [-0.05, 0) is 61.9 Å². The van der Waals surface area contributed by atoms with E-state index in [0.29, 0.717) is 36.7 Å². The largest absolute Gasteiger partial charge is 0.493 e. The number of nitrogens with zero attached hydrogens (tertiary/aromatic N) is 1. The first-order valence-electron chi connectivity index (χ1n) is 10.1. The van der Waals surface area contributed by atoms with E-state index < -0.39 is 0 Å². The molecule has 2 aromatic carbocycles. The standard InChI is InChI=1S/C23H31N3O3/c1-16-8-10-18(21(12-16)29-19-6-4-5-7-19)15-26-23(24)25-14-17-9-11-20(27-2)22(13-17)28-3/h8-13,19H,4-7,14-15H2,1-3H3,(H3,24,25,26). The number of hydrogen-bond donors (Lipinski definition) is 2. The lowest BCUT2D eigenvalue weighted by Gasteiger charge is -2.17. The fourth-order valence-corrected chi connectivity index (χ4v) is 3.50. The molecule has 0 bridgehead atoms. The number of aliphatic imine (C=N–C) groups is 1. The lowest BCUT2D eigenvalue weighted by molar-refractivity contribution is 0.207. The first-order valence-corrected chi connectivity index (χ1v) is 10.1. The number of hydrogen-bond acceptors (Lipinski definition) is 4. The molecular weight excluding hydrogens is 366 g/mol. The van der Waals surface area contributed by atoms with Crippen molar-refractivity contribution in [3.05, 3.63) is 53.1 Å². The Kier molecular flexibility index (Phi) is 7.22. The Morgan fingerprint density at radius 2 is 1.79 bits per heavy atom. The van der Waals surface area contributed by atoms with Gasteiger partial charge in [0.2, 0.25) is 0 Å². The number of nitrogens with one attached hydrogen (secondary N) is 1. The normalized spacial score (nSPS) is 14.7. The third-order valence-corrected chi connectivity index (χ3v) is 5.16. The van der Waals surface area contributed by atoms with Crippen molar-refractivity contribution in [1.29, 1.82) is 0 Å². The highest BCUT2D eigenvalue weighted by Crippen LogP contribution is 2.28. The zero-order valence-electron chi connectivity index (χ0n) is 17.5. The van der Waals surface area contributed by atoms with Crippen molar-refractivity contribution in [2.45, 2.75) is 51.8 Å². The molecule has 6 nitrogen and oxygen atoms in total. The van der Waals surface area contributed by atoms with Crippen LogP contribution in [0.1, 0.15) is 42.4 Å². The Labute approximate surface area is 173 Å². The van der Waals surface area contributed by atoms with Crippen LogP contribution in [0.5, 0.6) is 17.2 Å². The summed E-state index contributed by atoms with van der Waals surface area (Å²) in [7, 11) is 3.24. The first-order chi connectivity index (χ1) is 14.1. The van der Waals surface area contributed by atoms with Crippen LogP contribution in [0, 0.1) is 6.92 Å². The molecule has 0 aliphatic heterocycles. The molecule has 0 saturated heterocycles. The molecule has 0 heterocycles. The topological polar surface area (TPSA) is 78.1 Å². The number of aryl methyl sites for hydroxylation is 1. The molecule has 0 unspecified atom stereocenters. The van der Waals surface area contributed by atoms with E-state index in [4.69, 9.17) is 19.9 Å². The summed E-state index contributed by atoms with van der Waals surface area (Å²) >= 11 is 0. The van der Waals surface area contributed by atoms with Gasteiger partial charge in [-0.2, -0.15) is 0 Å². The molecule has 1 aliphatic rings. The summed E-state index contributed by atoms with van der Waals surface area (Å²) in [6.45, 7) is 3.11. The molecule has 2 aromatic rings. The highest BCUT2D eigenvalue weighted by Gasteiger charge is 2.18. The van der Waals surface area contributed by atoms with E-state index in [1.807, 2.05) is 18.2 Å². The minimum Gasteiger partial charge on any atom is -0.493 e. The van der Waals surface area contributed by atoms with Crippen LogP contribution < -0.4 is 25.3 Å². The second-order valence-electron chi connectivity index (χ2n) is 7.38. The molecule has 1 fully saturated rings. The van der Waals surface area contributed by atoms with Crippen LogP contribution in [-0.2, 0) is 13.1 Å². The summed E-state index contributed by atoms with van der Waals surface area (Å²) in [6.07, 6.45) is 5.09. The Hall–Kier alpha value is -2.89. The molecule has 1 saturated carbocycles. The molecule has 0 atom stereocenters. The molecule has 156 valence electrons. The van der Waals surface area contributed by atoms with E-state index in [2.05, 4.69) is 35.4 Å². The summed E-state index contributed by atoms with van der Waals surface area (Å²) in [5, 5.41) is 3.20. The maximum Gasteiger partial charge on any atom is 0.189 e. The minimum absolute atomic E-state index is 0.326. The van der Waals surface area contributed by atoms with Crippen molar-refractivity contribution in [2.24, 2.45) is 10.7 Å². The van der Waals surface area contributed by atoms with Crippen LogP contribution in [0.2, 0.25) is 0 Å². The van der Waals surface area contributed by atoms with Gasteiger partial charge >= 0.3 is 0 Å². The zero-order valence-corrected chi connectivity index (χ0v) is 17.5. The third kappa shape index (κ3) is 5.79. The van der Waals surface area contributed by atoms with Crippen molar-refractivity contribution >= 4 is 5.96 Å². The summed E-state index contributed by atoms with van der Waals surface area (Å²) in [4.78, 5) is 4.44. The molecule has 0 aromatic heterocycles. The molecule has 0 amide bonds.